The van der Waals surface area contributed by atoms with E-state index in [-0.39, 0.29) is 19.9 Å². The number of benzene rings is 1. The van der Waals surface area contributed by atoms with Crippen LogP contribution in [0.1, 0.15) is 0 Å². The molecule has 112 valence electrons. The first-order valence-electron chi connectivity index (χ1n) is 5.22. The van der Waals surface area contributed by atoms with Crippen LogP contribution in [-0.2, 0) is 10.0 Å². The van der Waals surface area contributed by atoms with E-state index in [4.69, 9.17) is 17.3 Å². The highest BCUT2D eigenvalue weighted by atomic mass is 35.5. The molecule has 0 atom stereocenters. The smallest absolute Gasteiger partial charge is 0.304 e. The number of rotatable bonds is 4. The second kappa shape index (κ2) is 5.47. The molecule has 21 heavy (non-hydrogen) atoms. The number of anilines is 2. The molecule has 0 radical (unpaired) electrons. The summed E-state index contributed by atoms with van der Waals surface area (Å²) in [6.45, 7) is 0. The molecule has 3 N–H and O–H groups in total. The summed E-state index contributed by atoms with van der Waals surface area (Å²) in [7, 11) is -4.18. The molecule has 1 heterocycles. The molecule has 0 fully saturated rings. The molecule has 2 aromatic rings. The van der Waals surface area contributed by atoms with Gasteiger partial charge in [0, 0.05) is 11.1 Å². The molecule has 1 aromatic heterocycles. The minimum Gasteiger partial charge on any atom is -0.385 e. The Bertz CT molecular complexity index is 822. The fraction of sp³-hybridized carbons (Fsp3) is 0. The lowest BCUT2D eigenvalue weighted by Gasteiger charge is -2.07. The second-order valence-electron chi connectivity index (χ2n) is 3.80. The second-order valence-corrected chi connectivity index (χ2v) is 7.23. The van der Waals surface area contributed by atoms with Crippen molar-refractivity contribution >= 4 is 49.3 Å². The fourth-order valence-corrected chi connectivity index (χ4v) is 3.86. The molecule has 0 bridgehead atoms. The van der Waals surface area contributed by atoms with Crippen LogP contribution in [0.15, 0.2) is 28.5 Å². The zero-order valence-corrected chi connectivity index (χ0v) is 12.4. The maximum absolute atomic E-state index is 13.6. The Balaban J connectivity index is 2.38. The predicted molar refractivity (Wildman–Crippen MR) is 77.6 cm³/mol. The fourth-order valence-electron chi connectivity index (χ4n) is 1.42. The van der Waals surface area contributed by atoms with Crippen molar-refractivity contribution < 1.29 is 17.7 Å². The summed E-state index contributed by atoms with van der Waals surface area (Å²) in [6.07, 6.45) is 0. The Morgan fingerprint density at radius 3 is 2.57 bits per heavy atom. The van der Waals surface area contributed by atoms with Crippen LogP contribution >= 0.6 is 22.9 Å². The average molecular weight is 352 g/mol. The third kappa shape index (κ3) is 3.23. The Morgan fingerprint density at radius 1 is 1.38 bits per heavy atom. The number of sulfonamides is 1. The van der Waals surface area contributed by atoms with Crippen molar-refractivity contribution in [1.29, 1.82) is 0 Å². The molecule has 0 aliphatic heterocycles. The van der Waals surface area contributed by atoms with Crippen molar-refractivity contribution in [3.63, 3.8) is 0 Å². The lowest BCUT2D eigenvalue weighted by molar-refractivity contribution is -0.383. The van der Waals surface area contributed by atoms with Gasteiger partial charge in [-0.2, -0.15) is 0 Å². The van der Waals surface area contributed by atoms with Crippen molar-refractivity contribution in [1.82, 2.24) is 0 Å². The average Bonchev–Trinajstić information content (AvgIpc) is 2.76. The minimum absolute atomic E-state index is 0.103. The molecule has 2 rings (SSSR count). The number of nitrogens with one attached hydrogen (secondary N) is 1. The summed E-state index contributed by atoms with van der Waals surface area (Å²) in [5.74, 6) is -0.870. The highest BCUT2D eigenvalue weighted by Crippen LogP contribution is 2.35. The summed E-state index contributed by atoms with van der Waals surface area (Å²) in [4.78, 5) is 9.86. The largest absolute Gasteiger partial charge is 0.385 e. The van der Waals surface area contributed by atoms with Gasteiger partial charge < -0.3 is 5.73 Å². The molecular formula is C10H7ClFN3O4S2. The first-order chi connectivity index (χ1) is 9.70. The van der Waals surface area contributed by atoms with E-state index >= 15 is 0 Å². The van der Waals surface area contributed by atoms with Crippen LogP contribution in [0.5, 0.6) is 0 Å². The van der Waals surface area contributed by atoms with Gasteiger partial charge in [0.2, 0.25) is 0 Å². The van der Waals surface area contributed by atoms with E-state index in [1.807, 2.05) is 4.72 Å². The number of nitrogens with two attached hydrogens (primary N) is 1. The lowest BCUT2D eigenvalue weighted by atomic mass is 10.3. The third-order valence-electron chi connectivity index (χ3n) is 2.35. The number of hydrogen-bond acceptors (Lipinski definition) is 6. The van der Waals surface area contributed by atoms with E-state index in [2.05, 4.69) is 0 Å². The van der Waals surface area contributed by atoms with Gasteiger partial charge in [0.15, 0.2) is 5.00 Å². The molecule has 0 saturated heterocycles. The van der Waals surface area contributed by atoms with Crippen LogP contribution in [0, 0.1) is 15.9 Å². The van der Waals surface area contributed by atoms with Gasteiger partial charge in [-0.25, -0.2) is 12.8 Å². The maximum atomic E-state index is 13.6. The first-order valence-corrected chi connectivity index (χ1v) is 7.90. The van der Waals surface area contributed by atoms with Crippen LogP contribution in [0.25, 0.3) is 0 Å². The number of nitro groups is 1. The van der Waals surface area contributed by atoms with E-state index in [0.29, 0.717) is 11.3 Å². The topological polar surface area (TPSA) is 115 Å². The van der Waals surface area contributed by atoms with Crippen molar-refractivity contribution in [3.05, 3.63) is 45.2 Å². The van der Waals surface area contributed by atoms with Gasteiger partial charge in [0.1, 0.15) is 10.0 Å². The molecular weight excluding hydrogens is 345 g/mol. The third-order valence-corrected chi connectivity index (χ3v) is 5.38. The van der Waals surface area contributed by atoms with E-state index < -0.39 is 26.5 Å². The Morgan fingerprint density at radius 2 is 2.05 bits per heavy atom. The van der Waals surface area contributed by atoms with Crippen LogP contribution in [0.3, 0.4) is 0 Å². The summed E-state index contributed by atoms with van der Waals surface area (Å²) >= 11 is 6.07. The zero-order valence-electron chi connectivity index (χ0n) is 10.0. The summed E-state index contributed by atoms with van der Waals surface area (Å²) < 4.78 is 39.3. The van der Waals surface area contributed by atoms with Gasteiger partial charge in [-0.1, -0.05) is 22.9 Å². The highest BCUT2D eigenvalue weighted by molar-refractivity contribution is 7.94. The van der Waals surface area contributed by atoms with E-state index in [1.54, 1.807) is 0 Å². The lowest BCUT2D eigenvalue weighted by Crippen LogP contribution is -2.12. The molecule has 11 heteroatoms. The van der Waals surface area contributed by atoms with Crippen molar-refractivity contribution in [3.8, 4) is 0 Å². The molecule has 0 unspecified atom stereocenters. The van der Waals surface area contributed by atoms with Crippen LogP contribution in [0.4, 0.5) is 20.8 Å². The van der Waals surface area contributed by atoms with E-state index in [1.165, 1.54) is 6.07 Å². The number of nitrogen functional groups attached to an aromatic ring is 1. The van der Waals surface area contributed by atoms with Crippen LogP contribution in [-0.4, -0.2) is 13.3 Å². The van der Waals surface area contributed by atoms with Gasteiger partial charge in [-0.05, 0) is 18.2 Å². The SMILES string of the molecule is Nc1sc(S(=O)(=O)Nc2ccc(Cl)cc2F)cc1[N+](=O)[O-]. The standard InChI is InChI=1S/C10H7ClFN3O4S2/c11-5-1-2-7(6(12)3-5)14-21(18,19)9-4-8(15(16)17)10(13)20-9/h1-4,14H,13H2. The number of nitrogens with zero attached hydrogens (tertiary/aromatic N) is 1. The molecule has 1 aromatic carbocycles. The van der Waals surface area contributed by atoms with Gasteiger partial charge in [-0.3, -0.25) is 14.8 Å². The van der Waals surface area contributed by atoms with Gasteiger partial charge in [-0.15, -0.1) is 0 Å². The van der Waals surface area contributed by atoms with Crippen molar-refractivity contribution in [2.75, 3.05) is 10.5 Å². The van der Waals surface area contributed by atoms with Crippen LogP contribution in [0.2, 0.25) is 5.02 Å². The summed E-state index contributed by atoms with van der Waals surface area (Å²) in [5, 5.41) is 10.5. The molecule has 0 saturated carbocycles. The van der Waals surface area contributed by atoms with Crippen molar-refractivity contribution in [2.45, 2.75) is 4.21 Å². The Kier molecular flexibility index (Phi) is 4.03. The van der Waals surface area contributed by atoms with E-state index in [0.717, 1.165) is 18.2 Å². The van der Waals surface area contributed by atoms with Crippen LogP contribution < -0.4 is 10.5 Å². The first kappa shape index (κ1) is 15.5. The normalized spacial score (nSPS) is 11.3. The van der Waals surface area contributed by atoms with Crippen molar-refractivity contribution in [2.24, 2.45) is 0 Å². The van der Waals surface area contributed by atoms with Gasteiger partial charge >= 0.3 is 5.69 Å². The minimum atomic E-state index is -4.18. The summed E-state index contributed by atoms with van der Waals surface area (Å²) in [5.41, 5.74) is 4.53. The molecule has 0 aliphatic carbocycles. The number of hydrogen-bond donors (Lipinski definition) is 2. The quantitative estimate of drug-likeness (QED) is 0.649. The molecule has 0 amide bonds. The number of halogens is 2. The Labute approximate surface area is 127 Å². The highest BCUT2D eigenvalue weighted by Gasteiger charge is 2.25. The molecule has 0 aliphatic rings. The maximum Gasteiger partial charge on any atom is 0.304 e. The van der Waals surface area contributed by atoms with Gasteiger partial charge in [0.05, 0.1) is 10.6 Å². The zero-order chi connectivity index (χ0) is 15.8. The molecule has 7 nitrogen and oxygen atoms in total. The number of thiophene rings is 1. The van der Waals surface area contributed by atoms with Gasteiger partial charge in [0.25, 0.3) is 10.0 Å². The monoisotopic (exact) mass is 351 g/mol. The molecule has 0 spiro atoms. The predicted octanol–water partition coefficient (Wildman–Crippen LogP) is 2.83. The van der Waals surface area contributed by atoms with E-state index in [9.17, 15) is 22.9 Å². The Hall–Kier alpha value is -1.91. The summed E-state index contributed by atoms with van der Waals surface area (Å²) in [6, 6.07) is 4.19.